The van der Waals surface area contributed by atoms with Gasteiger partial charge in [-0.05, 0) is 32.2 Å². The van der Waals surface area contributed by atoms with Gasteiger partial charge < -0.3 is 15.3 Å². The predicted octanol–water partition coefficient (Wildman–Crippen LogP) is 6.02. The van der Waals surface area contributed by atoms with E-state index in [-0.39, 0.29) is 11.7 Å². The summed E-state index contributed by atoms with van der Waals surface area (Å²) in [5.74, 6) is 2.34. The summed E-state index contributed by atoms with van der Waals surface area (Å²) in [6.07, 6.45) is 7.24. The van der Waals surface area contributed by atoms with Gasteiger partial charge in [-0.25, -0.2) is 19.9 Å². The van der Waals surface area contributed by atoms with Crippen LogP contribution in [-0.2, 0) is 6.18 Å². The van der Waals surface area contributed by atoms with Crippen LogP contribution in [0.1, 0.15) is 67.8 Å². The molecule has 0 bridgehead atoms. The van der Waals surface area contributed by atoms with E-state index in [9.17, 15) is 13.2 Å². The van der Waals surface area contributed by atoms with Gasteiger partial charge >= 0.3 is 6.18 Å². The van der Waals surface area contributed by atoms with Crippen molar-refractivity contribution in [2.45, 2.75) is 56.7 Å². The first kappa shape index (κ1) is 22.9. The molecule has 1 aliphatic heterocycles. The highest BCUT2D eigenvalue weighted by molar-refractivity contribution is 5.68. The normalized spacial score (nSPS) is 18.8. The van der Waals surface area contributed by atoms with Crippen molar-refractivity contribution >= 4 is 0 Å². The van der Waals surface area contributed by atoms with Gasteiger partial charge in [0.25, 0.3) is 0 Å². The molecule has 186 valence electrons. The summed E-state index contributed by atoms with van der Waals surface area (Å²) in [5.41, 5.74) is 1.93. The Bertz CT molecular complexity index is 1330. The molecular formula is C26H26F3N7. The summed E-state index contributed by atoms with van der Waals surface area (Å²) >= 11 is 0. The lowest BCUT2D eigenvalue weighted by Gasteiger charge is -2.07. The second kappa shape index (κ2) is 9.16. The summed E-state index contributed by atoms with van der Waals surface area (Å²) < 4.78 is 41.1. The predicted molar refractivity (Wildman–Crippen MR) is 129 cm³/mol. The number of imidazole rings is 2. The molecule has 2 fully saturated rings. The summed E-state index contributed by atoms with van der Waals surface area (Å²) in [6, 6.07) is 6.56. The number of benzene rings is 1. The number of H-pyrrole nitrogens is 2. The number of hydrogen-bond acceptors (Lipinski definition) is 5. The summed E-state index contributed by atoms with van der Waals surface area (Å²) in [7, 11) is 0. The molecule has 3 N–H and O–H groups in total. The highest BCUT2D eigenvalue weighted by Crippen LogP contribution is 2.38. The monoisotopic (exact) mass is 493 g/mol. The fourth-order valence-electron chi connectivity index (χ4n) is 5.18. The van der Waals surface area contributed by atoms with Gasteiger partial charge in [-0.2, -0.15) is 13.2 Å². The lowest BCUT2D eigenvalue weighted by molar-refractivity contribution is -0.140. The highest BCUT2D eigenvalue weighted by Gasteiger charge is 2.38. The minimum atomic E-state index is -4.55. The molecule has 1 saturated heterocycles. The Hall–Kier alpha value is -3.53. The first-order valence-electron chi connectivity index (χ1n) is 12.3. The lowest BCUT2D eigenvalue weighted by Crippen LogP contribution is -2.14. The fraction of sp³-hybridized carbons (Fsp3) is 0.385. The molecule has 1 atom stereocenters. The average Bonchev–Trinajstić information content (AvgIpc) is 3.70. The van der Waals surface area contributed by atoms with Gasteiger partial charge in [0, 0.05) is 35.0 Å². The van der Waals surface area contributed by atoms with E-state index in [4.69, 9.17) is 0 Å². The van der Waals surface area contributed by atoms with Crippen LogP contribution >= 0.6 is 0 Å². The third kappa shape index (κ3) is 4.41. The van der Waals surface area contributed by atoms with Gasteiger partial charge in [-0.15, -0.1) is 0 Å². The van der Waals surface area contributed by atoms with Gasteiger partial charge in [-0.3, -0.25) is 0 Å². The zero-order valence-corrected chi connectivity index (χ0v) is 19.6. The standard InChI is InChI=1S/C26H26F3N7/c27-26(28,29)22-21(35-25(36-22)19-6-3-11-30-19)15-7-9-17(10-8-15)23-31-12-18(13-32-23)20-14-33-24(34-20)16-4-1-2-5-16/h7-10,12-14,16,19,30H,1-6,11H2,(H,33,34)(H,35,36)/t19-/m0/s1. The number of alkyl halides is 3. The first-order valence-corrected chi connectivity index (χ1v) is 12.3. The summed E-state index contributed by atoms with van der Waals surface area (Å²) in [5, 5.41) is 3.19. The maximum absolute atomic E-state index is 13.7. The van der Waals surface area contributed by atoms with Crippen LogP contribution in [0.15, 0.2) is 42.9 Å². The third-order valence-corrected chi connectivity index (χ3v) is 7.11. The Morgan fingerprint density at radius 1 is 0.750 bits per heavy atom. The Kier molecular flexibility index (Phi) is 5.83. The smallest absolute Gasteiger partial charge is 0.342 e. The SMILES string of the molecule is FC(F)(F)c1nc([C@@H]2CCCN2)[nH]c1-c1ccc(-c2ncc(-c3cnc(C4CCCC4)[nH]3)cn2)cc1. The maximum Gasteiger partial charge on any atom is 0.435 e. The molecule has 6 rings (SSSR count). The van der Waals surface area contributed by atoms with E-state index >= 15 is 0 Å². The topological polar surface area (TPSA) is 95.2 Å². The van der Waals surface area contributed by atoms with E-state index < -0.39 is 11.9 Å². The Morgan fingerprint density at radius 2 is 1.47 bits per heavy atom. The molecule has 2 aliphatic rings. The Labute approximate surface area is 206 Å². The van der Waals surface area contributed by atoms with E-state index in [1.165, 1.54) is 25.7 Å². The molecule has 36 heavy (non-hydrogen) atoms. The van der Waals surface area contributed by atoms with Crippen molar-refractivity contribution in [3.05, 3.63) is 60.2 Å². The quantitative estimate of drug-likeness (QED) is 0.316. The molecule has 0 unspecified atom stereocenters. The van der Waals surface area contributed by atoms with Crippen LogP contribution < -0.4 is 5.32 Å². The maximum atomic E-state index is 13.7. The second-order valence-electron chi connectivity index (χ2n) is 9.53. The van der Waals surface area contributed by atoms with Crippen LogP contribution in [0.4, 0.5) is 13.2 Å². The zero-order chi connectivity index (χ0) is 24.7. The highest BCUT2D eigenvalue weighted by atomic mass is 19.4. The van der Waals surface area contributed by atoms with E-state index in [1.54, 1.807) is 36.7 Å². The average molecular weight is 494 g/mol. The number of nitrogens with one attached hydrogen (secondary N) is 3. The molecule has 7 nitrogen and oxygen atoms in total. The zero-order valence-electron chi connectivity index (χ0n) is 19.6. The van der Waals surface area contributed by atoms with Gasteiger partial charge in [0.15, 0.2) is 11.5 Å². The molecule has 1 saturated carbocycles. The Balaban J connectivity index is 1.23. The number of nitrogens with zero attached hydrogens (tertiary/aromatic N) is 4. The Morgan fingerprint density at radius 3 is 2.14 bits per heavy atom. The second-order valence-corrected chi connectivity index (χ2v) is 9.53. The van der Waals surface area contributed by atoms with Crippen LogP contribution in [0.3, 0.4) is 0 Å². The van der Waals surface area contributed by atoms with Crippen LogP contribution in [-0.4, -0.2) is 36.4 Å². The van der Waals surface area contributed by atoms with Crippen molar-refractivity contribution in [2.75, 3.05) is 6.54 Å². The van der Waals surface area contributed by atoms with Crippen molar-refractivity contribution in [1.29, 1.82) is 0 Å². The van der Waals surface area contributed by atoms with Gasteiger partial charge in [-0.1, -0.05) is 37.1 Å². The molecule has 0 spiro atoms. The van der Waals surface area contributed by atoms with Crippen LogP contribution in [0.5, 0.6) is 0 Å². The number of halogens is 3. The van der Waals surface area contributed by atoms with Gasteiger partial charge in [0.2, 0.25) is 0 Å². The molecule has 10 heteroatoms. The van der Waals surface area contributed by atoms with Crippen molar-refractivity contribution in [1.82, 2.24) is 35.2 Å². The molecule has 3 aromatic heterocycles. The largest absolute Gasteiger partial charge is 0.435 e. The molecule has 4 heterocycles. The molecule has 1 aromatic carbocycles. The number of aromatic amines is 2. The van der Waals surface area contributed by atoms with Crippen molar-refractivity contribution in [3.63, 3.8) is 0 Å². The molecule has 1 aliphatic carbocycles. The summed E-state index contributed by atoms with van der Waals surface area (Å²) in [4.78, 5) is 23.7. The van der Waals surface area contributed by atoms with E-state index in [1.807, 2.05) is 6.20 Å². The molecule has 0 radical (unpaired) electrons. The van der Waals surface area contributed by atoms with Crippen molar-refractivity contribution in [2.24, 2.45) is 0 Å². The van der Waals surface area contributed by atoms with Crippen molar-refractivity contribution < 1.29 is 13.2 Å². The third-order valence-electron chi connectivity index (χ3n) is 7.11. The van der Waals surface area contributed by atoms with Gasteiger partial charge in [0.1, 0.15) is 11.6 Å². The molecule has 0 amide bonds. The minimum absolute atomic E-state index is 0.0219. The number of hydrogen-bond donors (Lipinski definition) is 3. The van der Waals surface area contributed by atoms with Crippen LogP contribution in [0.2, 0.25) is 0 Å². The summed E-state index contributed by atoms with van der Waals surface area (Å²) in [6.45, 7) is 0.775. The minimum Gasteiger partial charge on any atom is -0.342 e. The van der Waals surface area contributed by atoms with Crippen LogP contribution in [0, 0.1) is 0 Å². The fourth-order valence-corrected chi connectivity index (χ4v) is 5.18. The molecule has 4 aromatic rings. The van der Waals surface area contributed by atoms with E-state index in [0.29, 0.717) is 28.7 Å². The van der Waals surface area contributed by atoms with Gasteiger partial charge in [0.05, 0.1) is 23.6 Å². The molecular weight excluding hydrogens is 467 g/mol. The number of aromatic nitrogens is 6. The lowest BCUT2D eigenvalue weighted by atomic mass is 10.1. The van der Waals surface area contributed by atoms with Crippen molar-refractivity contribution in [3.8, 4) is 33.9 Å². The van der Waals surface area contributed by atoms with E-state index in [0.717, 1.165) is 36.5 Å². The number of rotatable bonds is 5. The van der Waals surface area contributed by atoms with Crippen LogP contribution in [0.25, 0.3) is 33.9 Å². The van der Waals surface area contributed by atoms with E-state index in [2.05, 4.69) is 35.2 Å². The first-order chi connectivity index (χ1) is 17.5.